The van der Waals surface area contributed by atoms with E-state index >= 15 is 0 Å². The van der Waals surface area contributed by atoms with Crippen LogP contribution in [0.2, 0.25) is 0 Å². The Morgan fingerprint density at radius 1 is 1.23 bits per heavy atom. The molecule has 3 aromatic rings. The fourth-order valence-corrected chi connectivity index (χ4v) is 3.46. The molecule has 0 aliphatic rings. The van der Waals surface area contributed by atoms with E-state index in [0.29, 0.717) is 0 Å². The van der Waals surface area contributed by atoms with Crippen LogP contribution in [0.25, 0.3) is 11.2 Å². The van der Waals surface area contributed by atoms with Gasteiger partial charge in [-0.1, -0.05) is 30.3 Å². The van der Waals surface area contributed by atoms with E-state index < -0.39 is 32.5 Å². The summed E-state index contributed by atoms with van der Waals surface area (Å²) in [7, 11) is -4.37. The van der Waals surface area contributed by atoms with Crippen LogP contribution in [0.5, 0.6) is 0 Å². The van der Waals surface area contributed by atoms with Crippen LogP contribution >= 0.6 is 0 Å². The van der Waals surface area contributed by atoms with Crippen molar-refractivity contribution in [3.8, 4) is 0 Å². The molecular weight excluding hydrogens is 373 g/mol. The first-order valence-corrected chi connectivity index (χ1v) is 8.93. The third kappa shape index (κ3) is 3.54. The van der Waals surface area contributed by atoms with Gasteiger partial charge in [-0.25, -0.2) is 18.8 Å². The van der Waals surface area contributed by atoms with Gasteiger partial charge in [0.05, 0.1) is 6.54 Å². The van der Waals surface area contributed by atoms with Crippen molar-refractivity contribution in [3.05, 3.63) is 46.4 Å². The molecule has 0 spiro atoms. The second-order valence-electron chi connectivity index (χ2n) is 5.53. The zero-order valence-corrected chi connectivity index (χ0v) is 13.9. The quantitative estimate of drug-likeness (QED) is 0.588. The number of aromatic nitrogens is 4. The van der Waals surface area contributed by atoms with Crippen molar-refractivity contribution in [2.45, 2.75) is 17.9 Å². The first-order valence-electron chi connectivity index (χ1n) is 7.20. The van der Waals surface area contributed by atoms with Gasteiger partial charge >= 0.3 is 11.9 Å². The van der Waals surface area contributed by atoms with E-state index in [9.17, 15) is 22.2 Å². The van der Waals surface area contributed by atoms with Gasteiger partial charge in [0, 0.05) is 0 Å². The molecule has 2 aromatic heterocycles. The van der Waals surface area contributed by atoms with Crippen LogP contribution in [0.3, 0.4) is 0 Å². The lowest BCUT2D eigenvalue weighted by molar-refractivity contribution is -0.106. The third-order valence-corrected chi connectivity index (χ3v) is 4.98. The molecule has 4 N–H and O–H groups in total. The van der Waals surface area contributed by atoms with Crippen molar-refractivity contribution < 1.29 is 17.4 Å². The summed E-state index contributed by atoms with van der Waals surface area (Å²) in [6.07, 6.45) is -4.84. The molecule has 3 rings (SSSR count). The van der Waals surface area contributed by atoms with E-state index in [2.05, 4.69) is 15.0 Å². The van der Waals surface area contributed by atoms with Crippen LogP contribution in [0.15, 0.2) is 40.3 Å². The highest BCUT2D eigenvalue weighted by atomic mass is 32.2. The highest BCUT2D eigenvalue weighted by Gasteiger charge is 2.35. The monoisotopic (exact) mass is 386 g/mol. The molecule has 26 heavy (non-hydrogen) atoms. The van der Waals surface area contributed by atoms with Gasteiger partial charge in [-0.3, -0.25) is 4.57 Å². The normalized spacial score (nSPS) is 14.4. The number of anilines is 1. The number of rotatable bonds is 4. The van der Waals surface area contributed by atoms with E-state index in [1.54, 1.807) is 30.3 Å². The van der Waals surface area contributed by atoms with Crippen LogP contribution in [-0.2, 0) is 16.3 Å². The number of benzene rings is 1. The van der Waals surface area contributed by atoms with Gasteiger partial charge in [0.25, 0.3) is 0 Å². The summed E-state index contributed by atoms with van der Waals surface area (Å²) in [5.74, 6) is -2.26. The van der Waals surface area contributed by atoms with Gasteiger partial charge in [-0.15, -0.1) is 0 Å². The molecule has 0 saturated heterocycles. The fourth-order valence-electron chi connectivity index (χ4n) is 2.39. The maximum absolute atomic E-state index is 12.6. The molecule has 0 aliphatic heterocycles. The molecule has 1 aromatic carbocycles. The Morgan fingerprint density at radius 2 is 1.88 bits per heavy atom. The molecule has 0 amide bonds. The van der Waals surface area contributed by atoms with E-state index in [1.165, 1.54) is 0 Å². The molecule has 2 heterocycles. The smallest absolute Gasteiger partial charge is 0.382 e. The van der Waals surface area contributed by atoms with Gasteiger partial charge in [-0.05, 0) is 5.56 Å². The lowest BCUT2D eigenvalue weighted by Gasteiger charge is -2.10. The predicted octanol–water partition coefficient (Wildman–Crippen LogP) is 1.72. The average Bonchev–Trinajstić information content (AvgIpc) is 2.83. The van der Waals surface area contributed by atoms with Gasteiger partial charge in [0.2, 0.25) is 5.16 Å². The molecule has 0 fully saturated rings. The number of nitrogens with one attached hydrogen (secondary N) is 2. The molecule has 8 nitrogen and oxygen atoms in total. The second kappa shape index (κ2) is 6.12. The predicted molar refractivity (Wildman–Crippen MR) is 88.2 cm³/mol. The first-order chi connectivity index (χ1) is 12.1. The van der Waals surface area contributed by atoms with Gasteiger partial charge in [-0.2, -0.15) is 18.2 Å². The Morgan fingerprint density at radius 3 is 2.50 bits per heavy atom. The number of aromatic amines is 1. The number of fused-ring (bicyclic) bond motifs is 1. The minimum atomic E-state index is -4.84. The minimum absolute atomic E-state index is 0.0110. The SMILES string of the molecule is N=S(=O)(CC(F)(F)F)c1nc(N)c2[nH]c(=O)n(Cc3ccccc3)c2n1. The van der Waals surface area contributed by atoms with Crippen molar-refractivity contribution in [1.29, 1.82) is 4.78 Å². The summed E-state index contributed by atoms with van der Waals surface area (Å²) < 4.78 is 58.5. The molecule has 0 aliphatic carbocycles. The summed E-state index contributed by atoms with van der Waals surface area (Å²) in [4.78, 5) is 21.9. The fraction of sp³-hybridized carbons (Fsp3) is 0.214. The Bertz CT molecular complexity index is 1120. The van der Waals surface area contributed by atoms with Crippen LogP contribution in [-0.4, -0.2) is 35.7 Å². The van der Waals surface area contributed by atoms with E-state index in [4.69, 9.17) is 10.5 Å². The maximum Gasteiger partial charge on any atom is 0.401 e. The lowest BCUT2D eigenvalue weighted by Crippen LogP contribution is -2.24. The largest absolute Gasteiger partial charge is 0.401 e. The Hall–Kier alpha value is -2.89. The topological polar surface area (TPSA) is 131 Å². The van der Waals surface area contributed by atoms with Crippen LogP contribution in [0, 0.1) is 4.78 Å². The molecule has 1 unspecified atom stereocenters. The number of hydrogen-bond donors (Lipinski definition) is 3. The van der Waals surface area contributed by atoms with Crippen LogP contribution in [0.1, 0.15) is 5.56 Å². The minimum Gasteiger partial charge on any atom is -0.382 e. The number of halogens is 3. The standard InChI is InChI=1S/C14H13F3N6O2S/c15-14(16,17)7-26(19,25)12-21-10(18)9-11(22-12)23(13(24)20-9)6-8-4-2-1-3-5-8/h1-5,19H,6-7H2,(H,20,24)(H2,18,21,22). The van der Waals surface area contributed by atoms with Gasteiger partial charge < -0.3 is 10.7 Å². The molecule has 0 saturated carbocycles. The molecule has 1 atom stereocenters. The maximum atomic E-state index is 12.6. The summed E-state index contributed by atoms with van der Waals surface area (Å²) in [5, 5.41) is -0.861. The average molecular weight is 386 g/mol. The zero-order chi connectivity index (χ0) is 19.1. The van der Waals surface area contributed by atoms with Crippen molar-refractivity contribution >= 4 is 26.7 Å². The summed E-state index contributed by atoms with van der Waals surface area (Å²) in [6.45, 7) is 0.0635. The summed E-state index contributed by atoms with van der Waals surface area (Å²) in [6, 6.07) is 8.78. The summed E-state index contributed by atoms with van der Waals surface area (Å²) in [5.41, 5.74) is 5.70. The first kappa shape index (κ1) is 17.9. The van der Waals surface area contributed by atoms with Crippen LogP contribution < -0.4 is 11.4 Å². The highest BCUT2D eigenvalue weighted by Crippen LogP contribution is 2.23. The zero-order valence-electron chi connectivity index (χ0n) is 13.1. The number of nitrogens with two attached hydrogens (primary N) is 1. The van der Waals surface area contributed by atoms with Crippen molar-refractivity contribution in [2.24, 2.45) is 0 Å². The van der Waals surface area contributed by atoms with Crippen molar-refractivity contribution in [1.82, 2.24) is 19.5 Å². The highest BCUT2D eigenvalue weighted by molar-refractivity contribution is 7.92. The summed E-state index contributed by atoms with van der Waals surface area (Å²) >= 11 is 0. The lowest BCUT2D eigenvalue weighted by atomic mass is 10.2. The third-order valence-electron chi connectivity index (χ3n) is 3.48. The van der Waals surface area contributed by atoms with E-state index in [1.807, 2.05) is 0 Å². The van der Waals surface area contributed by atoms with Crippen molar-refractivity contribution in [2.75, 3.05) is 11.5 Å². The van der Waals surface area contributed by atoms with Gasteiger partial charge in [0.1, 0.15) is 21.0 Å². The molecule has 138 valence electrons. The number of nitrogens with zero attached hydrogens (tertiary/aromatic N) is 3. The van der Waals surface area contributed by atoms with Gasteiger partial charge in [0.15, 0.2) is 11.5 Å². The van der Waals surface area contributed by atoms with Crippen molar-refractivity contribution in [3.63, 3.8) is 0 Å². The Balaban J connectivity index is 2.15. The van der Waals surface area contributed by atoms with Crippen LogP contribution in [0.4, 0.5) is 19.0 Å². The molecule has 0 bridgehead atoms. The van der Waals surface area contributed by atoms with E-state index in [-0.39, 0.29) is 23.5 Å². The molecule has 0 radical (unpaired) electrons. The Kier molecular flexibility index (Phi) is 4.22. The number of H-pyrrole nitrogens is 1. The second-order valence-corrected chi connectivity index (χ2v) is 7.53. The molecular formula is C14H13F3N6O2S. The number of hydrogen-bond acceptors (Lipinski definition) is 6. The Labute approximate surface area is 144 Å². The van der Waals surface area contributed by atoms with E-state index in [0.717, 1.165) is 10.1 Å². The number of imidazole rings is 1. The number of alkyl halides is 3. The molecule has 12 heteroatoms. The number of nitrogen functional groups attached to an aromatic ring is 1.